The van der Waals surface area contributed by atoms with Gasteiger partial charge in [-0.15, -0.1) is 0 Å². The van der Waals surface area contributed by atoms with Crippen LogP contribution in [0.5, 0.6) is 0 Å². The van der Waals surface area contributed by atoms with Gasteiger partial charge in [0.25, 0.3) is 11.8 Å². The van der Waals surface area contributed by atoms with Crippen molar-refractivity contribution in [2.75, 3.05) is 26.7 Å². The molecule has 174 valence electrons. The van der Waals surface area contributed by atoms with Gasteiger partial charge in [-0.05, 0) is 43.2 Å². The first-order chi connectivity index (χ1) is 16.3. The predicted molar refractivity (Wildman–Crippen MR) is 128 cm³/mol. The molecule has 0 saturated carbocycles. The maximum atomic E-state index is 13.3. The van der Waals surface area contributed by atoms with Crippen molar-refractivity contribution in [3.63, 3.8) is 0 Å². The lowest BCUT2D eigenvalue weighted by molar-refractivity contribution is -0.133. The van der Waals surface area contributed by atoms with Crippen molar-refractivity contribution < 1.29 is 14.4 Å². The summed E-state index contributed by atoms with van der Waals surface area (Å²) in [7, 11) is 1.73. The van der Waals surface area contributed by atoms with E-state index in [-0.39, 0.29) is 30.8 Å². The highest BCUT2D eigenvalue weighted by molar-refractivity contribution is 6.02. The Morgan fingerprint density at radius 3 is 2.29 bits per heavy atom. The van der Waals surface area contributed by atoms with Gasteiger partial charge in [0.1, 0.15) is 12.4 Å². The second-order valence-electron chi connectivity index (χ2n) is 8.53. The van der Waals surface area contributed by atoms with Gasteiger partial charge in [-0.3, -0.25) is 14.4 Å². The van der Waals surface area contributed by atoms with Crippen molar-refractivity contribution >= 4 is 17.7 Å². The molecule has 4 rings (SSSR count). The van der Waals surface area contributed by atoms with E-state index in [1.165, 1.54) is 4.90 Å². The van der Waals surface area contributed by atoms with Gasteiger partial charge in [0, 0.05) is 55.8 Å². The Balaban J connectivity index is 1.63. The van der Waals surface area contributed by atoms with Crippen LogP contribution in [0.2, 0.25) is 0 Å². The Morgan fingerprint density at radius 1 is 0.941 bits per heavy atom. The highest BCUT2D eigenvalue weighted by atomic mass is 16.2. The third kappa shape index (κ3) is 5.28. The molecule has 0 radical (unpaired) electrons. The average Bonchev–Trinajstić information content (AvgIpc) is 2.85. The Morgan fingerprint density at radius 2 is 1.62 bits per heavy atom. The molecule has 8 heteroatoms. The van der Waals surface area contributed by atoms with Gasteiger partial charge in [0.15, 0.2) is 0 Å². The standard InChI is InChI=1S/C26H27N5O3/c1-17-4-6-20(7-5-17)21-10-22(25(33)29-15-19-13-27-18(2)28-14-19)12-23(11-21)26(34)31-9-8-30(3)24(32)16-31/h4-7,10-14H,8-9,15-16H2,1-3H3,(H,29,33). The molecule has 1 saturated heterocycles. The van der Waals surface area contributed by atoms with Crippen molar-refractivity contribution in [3.8, 4) is 11.1 Å². The molecule has 1 fully saturated rings. The zero-order valence-electron chi connectivity index (χ0n) is 19.5. The Bertz CT molecular complexity index is 1220. The fourth-order valence-corrected chi connectivity index (χ4v) is 3.70. The van der Waals surface area contributed by atoms with Gasteiger partial charge in [-0.2, -0.15) is 0 Å². The van der Waals surface area contributed by atoms with E-state index < -0.39 is 0 Å². The van der Waals surface area contributed by atoms with Gasteiger partial charge in [-0.25, -0.2) is 9.97 Å². The van der Waals surface area contributed by atoms with Crippen molar-refractivity contribution in [3.05, 3.63) is 82.9 Å². The Labute approximate surface area is 198 Å². The van der Waals surface area contributed by atoms with Crippen molar-refractivity contribution in [2.45, 2.75) is 20.4 Å². The molecule has 0 bridgehead atoms. The number of hydrogen-bond acceptors (Lipinski definition) is 5. The third-order valence-corrected chi connectivity index (χ3v) is 5.86. The van der Waals surface area contributed by atoms with E-state index in [1.54, 1.807) is 49.5 Å². The fraction of sp³-hybridized carbons (Fsp3) is 0.269. The zero-order chi connectivity index (χ0) is 24.2. The number of piperazine rings is 1. The van der Waals surface area contributed by atoms with Gasteiger partial charge >= 0.3 is 0 Å². The fourth-order valence-electron chi connectivity index (χ4n) is 3.70. The van der Waals surface area contributed by atoms with Gasteiger partial charge in [0.05, 0.1) is 0 Å². The molecule has 1 aromatic heterocycles. The molecule has 2 aromatic carbocycles. The normalized spacial score (nSPS) is 13.7. The molecule has 1 N–H and O–H groups in total. The predicted octanol–water partition coefficient (Wildman–Crippen LogP) is 2.60. The van der Waals surface area contributed by atoms with E-state index in [9.17, 15) is 14.4 Å². The number of aromatic nitrogens is 2. The first-order valence-electron chi connectivity index (χ1n) is 11.1. The van der Waals surface area contributed by atoms with Crippen LogP contribution in [0.1, 0.15) is 37.7 Å². The molecule has 1 aliphatic heterocycles. The van der Waals surface area contributed by atoms with Crippen LogP contribution in [0.25, 0.3) is 11.1 Å². The minimum Gasteiger partial charge on any atom is -0.348 e. The summed E-state index contributed by atoms with van der Waals surface area (Å²) >= 11 is 0. The number of amides is 3. The molecule has 8 nitrogen and oxygen atoms in total. The average molecular weight is 458 g/mol. The highest BCUT2D eigenvalue weighted by Gasteiger charge is 2.26. The second-order valence-corrected chi connectivity index (χ2v) is 8.53. The molecule has 3 amide bonds. The lowest BCUT2D eigenvalue weighted by atomic mass is 9.98. The summed E-state index contributed by atoms with van der Waals surface area (Å²) in [6.07, 6.45) is 3.34. The molecule has 0 spiro atoms. The first kappa shape index (κ1) is 23.1. The molecular formula is C26H27N5O3. The molecule has 1 aliphatic rings. The van der Waals surface area contributed by atoms with Gasteiger partial charge in [0.2, 0.25) is 5.91 Å². The van der Waals surface area contributed by atoms with Gasteiger partial charge < -0.3 is 15.1 Å². The molecule has 3 aromatic rings. The SMILES string of the molecule is Cc1ccc(-c2cc(C(=O)NCc3cnc(C)nc3)cc(C(=O)N3CCN(C)C(=O)C3)c2)cc1. The number of carbonyl (C=O) groups excluding carboxylic acids is 3. The van der Waals surface area contributed by atoms with E-state index in [2.05, 4.69) is 15.3 Å². The van der Waals surface area contributed by atoms with Crippen LogP contribution in [0.4, 0.5) is 0 Å². The lowest BCUT2D eigenvalue weighted by Crippen LogP contribution is -2.50. The number of rotatable bonds is 5. The Kier molecular flexibility index (Phi) is 6.67. The topological polar surface area (TPSA) is 95.5 Å². The number of likely N-dealkylation sites (N-methyl/N-ethyl adjacent to an activating group) is 1. The summed E-state index contributed by atoms with van der Waals surface area (Å²) in [5.74, 6) is -0.0200. The number of benzene rings is 2. The van der Waals surface area contributed by atoms with Crippen LogP contribution < -0.4 is 5.32 Å². The van der Waals surface area contributed by atoms with Crippen LogP contribution in [-0.2, 0) is 11.3 Å². The largest absolute Gasteiger partial charge is 0.348 e. The maximum Gasteiger partial charge on any atom is 0.254 e. The molecule has 0 unspecified atom stereocenters. The van der Waals surface area contributed by atoms with Crippen LogP contribution in [-0.4, -0.2) is 64.2 Å². The zero-order valence-corrected chi connectivity index (χ0v) is 19.5. The van der Waals surface area contributed by atoms with Crippen molar-refractivity contribution in [1.82, 2.24) is 25.1 Å². The summed E-state index contributed by atoms with van der Waals surface area (Å²) in [5.41, 5.74) is 4.30. The molecule has 0 aliphatic carbocycles. The Hall–Kier alpha value is -4.07. The summed E-state index contributed by atoms with van der Waals surface area (Å²) in [4.78, 5) is 49.9. The van der Waals surface area contributed by atoms with E-state index in [1.807, 2.05) is 31.2 Å². The summed E-state index contributed by atoms with van der Waals surface area (Å²) < 4.78 is 0. The molecule has 2 heterocycles. The lowest BCUT2D eigenvalue weighted by Gasteiger charge is -2.32. The van der Waals surface area contributed by atoms with Crippen molar-refractivity contribution in [1.29, 1.82) is 0 Å². The summed E-state index contributed by atoms with van der Waals surface area (Å²) in [5, 5.41) is 2.88. The van der Waals surface area contributed by atoms with Crippen LogP contribution in [0.3, 0.4) is 0 Å². The van der Waals surface area contributed by atoms with E-state index >= 15 is 0 Å². The number of nitrogens with zero attached hydrogens (tertiary/aromatic N) is 4. The molecule has 34 heavy (non-hydrogen) atoms. The minimum atomic E-state index is -0.307. The number of nitrogens with one attached hydrogen (secondary N) is 1. The third-order valence-electron chi connectivity index (χ3n) is 5.86. The quantitative estimate of drug-likeness (QED) is 0.636. The van der Waals surface area contributed by atoms with Crippen molar-refractivity contribution in [2.24, 2.45) is 0 Å². The van der Waals surface area contributed by atoms with Crippen LogP contribution in [0, 0.1) is 13.8 Å². The summed E-state index contributed by atoms with van der Waals surface area (Å²) in [6, 6.07) is 13.0. The monoisotopic (exact) mass is 457 g/mol. The van der Waals surface area contributed by atoms with Crippen LogP contribution >= 0.6 is 0 Å². The molecular weight excluding hydrogens is 430 g/mol. The summed E-state index contributed by atoms with van der Waals surface area (Å²) in [6.45, 7) is 5.02. The smallest absolute Gasteiger partial charge is 0.254 e. The van der Waals surface area contributed by atoms with E-state index in [0.717, 1.165) is 22.3 Å². The highest BCUT2D eigenvalue weighted by Crippen LogP contribution is 2.24. The second kappa shape index (κ2) is 9.82. The minimum absolute atomic E-state index is 0.0268. The molecule has 0 atom stereocenters. The van der Waals surface area contributed by atoms with Crippen LogP contribution in [0.15, 0.2) is 54.9 Å². The first-order valence-corrected chi connectivity index (χ1v) is 11.1. The number of aryl methyl sites for hydroxylation is 2. The van der Waals surface area contributed by atoms with E-state index in [4.69, 9.17) is 0 Å². The number of hydrogen-bond donors (Lipinski definition) is 1. The van der Waals surface area contributed by atoms with Gasteiger partial charge in [-0.1, -0.05) is 29.8 Å². The maximum absolute atomic E-state index is 13.3. The number of carbonyl (C=O) groups is 3. The van der Waals surface area contributed by atoms with E-state index in [0.29, 0.717) is 30.0 Å².